The summed E-state index contributed by atoms with van der Waals surface area (Å²) in [7, 11) is 0. The molecule has 6 fully saturated rings. The van der Waals surface area contributed by atoms with Crippen molar-refractivity contribution in [2.75, 3.05) is 6.61 Å². The molecule has 7 aliphatic rings. The van der Waals surface area contributed by atoms with Gasteiger partial charge in [-0.1, -0.05) is 6.92 Å². The van der Waals surface area contributed by atoms with E-state index < -0.39 is 64.9 Å². The number of hydrogen-bond acceptors (Lipinski definition) is 11. The maximum atomic E-state index is 13.3. The number of carbonyl (C=O) groups excluding carboxylic acids is 3. The Morgan fingerprint density at radius 2 is 1.88 bits per heavy atom. The largest absolute Gasteiger partial charge is 0.462 e. The van der Waals surface area contributed by atoms with Crippen LogP contribution in [0.4, 0.5) is 0 Å². The fraction of sp³-hybridized carbons (Fsp3) is 0.839. The molecule has 7 rings (SSSR count). The predicted molar refractivity (Wildman–Crippen MR) is 142 cm³/mol. The van der Waals surface area contributed by atoms with E-state index >= 15 is 0 Å². The zero-order chi connectivity index (χ0) is 29.8. The highest BCUT2D eigenvalue weighted by Crippen LogP contribution is 2.70. The Bertz CT molecular complexity index is 1200. The Kier molecular flexibility index (Phi) is 6.56. The normalized spacial score (nSPS) is 54.7. The summed E-state index contributed by atoms with van der Waals surface area (Å²) in [5, 5.41) is 34.6. The quantitative estimate of drug-likeness (QED) is 0.249. The van der Waals surface area contributed by atoms with Gasteiger partial charge in [-0.05, 0) is 68.8 Å². The molecule has 3 aliphatic heterocycles. The second-order valence-electron chi connectivity index (χ2n) is 14.3. The topological polar surface area (TPSA) is 158 Å². The van der Waals surface area contributed by atoms with Crippen LogP contribution in [0.1, 0.15) is 72.1 Å². The van der Waals surface area contributed by atoms with Gasteiger partial charge in [-0.3, -0.25) is 4.79 Å². The highest BCUT2D eigenvalue weighted by molar-refractivity contribution is 5.85. The van der Waals surface area contributed by atoms with Crippen LogP contribution in [0.15, 0.2) is 11.6 Å². The van der Waals surface area contributed by atoms with Crippen molar-refractivity contribution in [3.05, 3.63) is 11.6 Å². The monoisotopic (exact) mass is 590 g/mol. The zero-order valence-corrected chi connectivity index (χ0v) is 24.4. The van der Waals surface area contributed by atoms with Gasteiger partial charge in [-0.25, -0.2) is 4.79 Å². The predicted octanol–water partition coefficient (Wildman–Crippen LogP) is 1.54. The van der Waals surface area contributed by atoms with Crippen molar-refractivity contribution in [3.8, 4) is 0 Å². The van der Waals surface area contributed by atoms with Gasteiger partial charge in [0.1, 0.15) is 25.1 Å². The Labute approximate surface area is 244 Å². The highest BCUT2D eigenvalue weighted by Gasteiger charge is 2.73. The zero-order valence-electron chi connectivity index (χ0n) is 24.4. The van der Waals surface area contributed by atoms with Crippen molar-refractivity contribution in [2.45, 2.75) is 120 Å². The molecule has 2 saturated heterocycles. The number of fused-ring (bicyclic) bond motifs is 7. The fourth-order valence-electron chi connectivity index (χ4n) is 10.6. The minimum atomic E-state index is -1.96. The van der Waals surface area contributed by atoms with Crippen LogP contribution in [-0.4, -0.2) is 88.3 Å². The van der Waals surface area contributed by atoms with E-state index in [0.29, 0.717) is 38.5 Å². The van der Waals surface area contributed by atoms with E-state index in [-0.39, 0.29) is 49.2 Å². The van der Waals surface area contributed by atoms with Crippen molar-refractivity contribution in [1.82, 2.24) is 0 Å². The van der Waals surface area contributed by atoms with Crippen LogP contribution in [-0.2, 0) is 38.1 Å². The van der Waals surface area contributed by atoms with Crippen molar-refractivity contribution in [2.24, 2.45) is 34.5 Å². The minimum Gasteiger partial charge on any atom is -0.462 e. The third kappa shape index (κ3) is 3.83. The van der Waals surface area contributed by atoms with Gasteiger partial charge in [0.05, 0.1) is 23.9 Å². The third-order valence-electron chi connectivity index (χ3n) is 12.4. The molecular weight excluding hydrogens is 548 g/mol. The van der Waals surface area contributed by atoms with Gasteiger partial charge in [0.2, 0.25) is 12.1 Å². The number of cyclic esters (lactones) is 1. The standard InChI is InChI=1S/C31H42O11/c1-15-8-24(34)31(37)27(39-15)41-22-11-29(14-32)18(10-21(22)42-31)4-5-20-19(29)6-7-28(3)26(17-9-25(35)38-13-17)23(40-16(2)33)12-30(20,28)36/h9,14-15,18-24,26-27,34,36-37H,4-8,10-13H2,1-3H3. The first-order valence-electron chi connectivity index (χ1n) is 15.5. The van der Waals surface area contributed by atoms with Crippen LogP contribution in [0.2, 0.25) is 0 Å². The van der Waals surface area contributed by atoms with Crippen LogP contribution >= 0.6 is 0 Å². The first kappa shape index (κ1) is 28.9. The number of rotatable bonds is 3. The van der Waals surface area contributed by atoms with E-state index in [1.807, 2.05) is 6.92 Å². The lowest BCUT2D eigenvalue weighted by atomic mass is 9.42. The van der Waals surface area contributed by atoms with E-state index in [4.69, 9.17) is 23.7 Å². The van der Waals surface area contributed by atoms with Crippen molar-refractivity contribution < 1.29 is 53.4 Å². The van der Waals surface area contributed by atoms with Gasteiger partial charge in [-0.2, -0.15) is 0 Å². The van der Waals surface area contributed by atoms with E-state index in [2.05, 4.69) is 0 Å². The Balaban J connectivity index is 1.21. The average Bonchev–Trinajstić information content (AvgIpc) is 3.43. The lowest BCUT2D eigenvalue weighted by Crippen LogP contribution is -2.71. The molecule has 4 aliphatic carbocycles. The van der Waals surface area contributed by atoms with Gasteiger partial charge < -0.3 is 43.8 Å². The van der Waals surface area contributed by atoms with Crippen LogP contribution in [0, 0.1) is 34.5 Å². The molecule has 3 heterocycles. The van der Waals surface area contributed by atoms with Gasteiger partial charge in [0.15, 0.2) is 0 Å². The fourth-order valence-corrected chi connectivity index (χ4v) is 10.6. The summed E-state index contributed by atoms with van der Waals surface area (Å²) in [5.74, 6) is -3.61. The van der Waals surface area contributed by atoms with Crippen molar-refractivity contribution >= 4 is 18.2 Å². The second-order valence-corrected chi connectivity index (χ2v) is 14.3. The molecule has 14 atom stereocenters. The van der Waals surface area contributed by atoms with Crippen molar-refractivity contribution in [3.63, 3.8) is 0 Å². The van der Waals surface area contributed by atoms with E-state index in [1.54, 1.807) is 6.92 Å². The lowest BCUT2D eigenvalue weighted by Gasteiger charge is -2.64. The summed E-state index contributed by atoms with van der Waals surface area (Å²) >= 11 is 0. The molecule has 3 N–H and O–H groups in total. The SMILES string of the molecule is CC(=O)OC1CC2(O)C3CCC4CC5OC6(O)C(O)CC(C)OC6OC5CC4(C=O)C3CCC2(C)C1C1=CC(=O)OC1. The van der Waals surface area contributed by atoms with E-state index in [1.165, 1.54) is 13.0 Å². The molecule has 0 aromatic rings. The summed E-state index contributed by atoms with van der Waals surface area (Å²) in [5.41, 5.74) is -1.96. The Morgan fingerprint density at radius 3 is 2.57 bits per heavy atom. The van der Waals surface area contributed by atoms with Crippen LogP contribution in [0.5, 0.6) is 0 Å². The summed E-state index contributed by atoms with van der Waals surface area (Å²) in [6, 6.07) is 0. The molecule has 14 unspecified atom stereocenters. The third-order valence-corrected chi connectivity index (χ3v) is 12.4. The minimum absolute atomic E-state index is 0.0418. The first-order valence-corrected chi connectivity index (χ1v) is 15.5. The molecule has 0 amide bonds. The molecule has 0 aromatic heterocycles. The smallest absolute Gasteiger partial charge is 0.331 e. The number of ether oxygens (including phenoxy) is 5. The van der Waals surface area contributed by atoms with Crippen LogP contribution in [0.3, 0.4) is 0 Å². The number of aliphatic hydroxyl groups excluding tert-OH is 1. The number of aliphatic hydroxyl groups is 3. The molecule has 232 valence electrons. The van der Waals surface area contributed by atoms with Crippen molar-refractivity contribution in [1.29, 1.82) is 0 Å². The molecule has 0 spiro atoms. The molecule has 0 bridgehead atoms. The number of carbonyl (C=O) groups is 3. The maximum Gasteiger partial charge on any atom is 0.331 e. The average molecular weight is 591 g/mol. The van der Waals surface area contributed by atoms with Gasteiger partial charge in [0.25, 0.3) is 0 Å². The van der Waals surface area contributed by atoms with Crippen LogP contribution in [0.25, 0.3) is 0 Å². The number of esters is 2. The maximum absolute atomic E-state index is 13.3. The molecule has 42 heavy (non-hydrogen) atoms. The van der Waals surface area contributed by atoms with E-state index in [9.17, 15) is 29.7 Å². The summed E-state index contributed by atoms with van der Waals surface area (Å²) in [4.78, 5) is 37.5. The Morgan fingerprint density at radius 1 is 1.10 bits per heavy atom. The lowest BCUT2D eigenvalue weighted by molar-refractivity contribution is -0.457. The molecule has 4 saturated carbocycles. The summed E-state index contributed by atoms with van der Waals surface area (Å²) in [6.45, 7) is 5.30. The number of aldehydes is 1. The first-order chi connectivity index (χ1) is 19.8. The molecular formula is C31H42O11. The van der Waals surface area contributed by atoms with Gasteiger partial charge >= 0.3 is 11.9 Å². The highest BCUT2D eigenvalue weighted by atomic mass is 16.8. The second kappa shape index (κ2) is 9.55. The Hall–Kier alpha value is -1.89. The van der Waals surface area contributed by atoms with Gasteiger partial charge in [0, 0.05) is 42.6 Å². The van der Waals surface area contributed by atoms with Crippen LogP contribution < -0.4 is 0 Å². The molecule has 11 heteroatoms. The molecule has 0 aromatic carbocycles. The summed E-state index contributed by atoms with van der Waals surface area (Å²) in [6.07, 6.45) is 2.20. The van der Waals surface area contributed by atoms with E-state index in [0.717, 1.165) is 11.9 Å². The van der Waals surface area contributed by atoms with Gasteiger partial charge in [-0.15, -0.1) is 0 Å². The summed E-state index contributed by atoms with van der Waals surface area (Å²) < 4.78 is 29.3. The number of hydrogen-bond donors (Lipinski definition) is 3. The molecule has 11 nitrogen and oxygen atoms in total. The molecule has 0 radical (unpaired) electrons.